The Bertz CT molecular complexity index is 3770. The molecule has 116 heavy (non-hydrogen) atoms. The number of benzene rings is 3. The highest BCUT2D eigenvalue weighted by Crippen LogP contribution is 2.52. The van der Waals surface area contributed by atoms with Gasteiger partial charge in [-0.2, -0.15) is 0 Å². The van der Waals surface area contributed by atoms with Crippen LogP contribution in [0.2, 0.25) is 5.02 Å². The van der Waals surface area contributed by atoms with E-state index in [2.05, 4.69) is 83.1 Å². The number of unbranched alkanes of at least 4 members (excludes halogenated alkanes) is 15. The van der Waals surface area contributed by atoms with E-state index in [-0.39, 0.29) is 24.3 Å². The van der Waals surface area contributed by atoms with Gasteiger partial charge in [-0.15, -0.1) is 0 Å². The molecule has 4 aromatic rings. The quantitative estimate of drug-likeness (QED) is 0.0143. The second-order valence-electron chi connectivity index (χ2n) is 34.4. The van der Waals surface area contributed by atoms with Gasteiger partial charge in [0.25, 0.3) is 0 Å². The highest BCUT2D eigenvalue weighted by Gasteiger charge is 2.44. The number of aliphatic hydroxyl groups is 1. The van der Waals surface area contributed by atoms with Gasteiger partial charge in [0.2, 0.25) is 0 Å². The summed E-state index contributed by atoms with van der Waals surface area (Å²) in [6, 6.07) is 16.1. The lowest BCUT2D eigenvalue weighted by atomic mass is 9.80. The number of anilines is 1. The summed E-state index contributed by atoms with van der Waals surface area (Å²) in [5.41, 5.74) is 4.69. The molecule has 0 radical (unpaired) electrons. The van der Waals surface area contributed by atoms with E-state index in [1.54, 1.807) is 13.1 Å². The Balaban J connectivity index is 0.000000548. The van der Waals surface area contributed by atoms with E-state index < -0.39 is 52.7 Å². The number of aliphatic hydroxyl groups excluding tert-OH is 1. The number of hydrogen-bond donors (Lipinski definition) is 1. The summed E-state index contributed by atoms with van der Waals surface area (Å²) < 4.78 is 118. The molecule has 0 atom stereocenters. The third-order valence-corrected chi connectivity index (χ3v) is 26.4. The monoisotopic (exact) mass is 1690 g/mol. The van der Waals surface area contributed by atoms with Gasteiger partial charge < -0.3 is 41.9 Å². The number of aliphatic imine (C=N–C) groups is 1. The highest BCUT2D eigenvalue weighted by atomic mass is 35.5. The molecule has 21 heteroatoms. The predicted molar refractivity (Wildman–Crippen MR) is 488 cm³/mol. The molecule has 3 heterocycles. The normalized spacial score (nSPS) is 14.6. The Kier molecular flexibility index (Phi) is 49.8. The molecule has 0 saturated heterocycles. The first kappa shape index (κ1) is 106. The minimum atomic E-state index is -4.80. The number of rotatable bonds is 56. The molecule has 3 aromatic carbocycles. The van der Waals surface area contributed by atoms with E-state index in [1.807, 2.05) is 104 Å². The Morgan fingerprint density at radius 2 is 0.957 bits per heavy atom. The summed E-state index contributed by atoms with van der Waals surface area (Å²) in [6.45, 7) is 56.1. The van der Waals surface area contributed by atoms with Gasteiger partial charge in [-0.3, -0.25) is 0 Å². The average Bonchev–Trinajstić information content (AvgIpc) is 1.55. The fraction of sp³-hybridized carbons (Fsp3) is 0.705. The number of halogens is 1. The minimum absolute atomic E-state index is 0.0566. The van der Waals surface area contributed by atoms with Crippen molar-refractivity contribution < 1.29 is 66.8 Å². The lowest BCUT2D eigenvalue weighted by Crippen LogP contribution is -2.50. The molecule has 17 nitrogen and oxygen atoms in total. The summed E-state index contributed by atoms with van der Waals surface area (Å²) in [4.78, 5) is 6.77. The van der Waals surface area contributed by atoms with Crippen molar-refractivity contribution in [3.63, 3.8) is 0 Å². The second kappa shape index (κ2) is 54.7. The molecule has 0 saturated carbocycles. The number of quaternary nitrogens is 3. The predicted octanol–water partition coefficient (Wildman–Crippen LogP) is 22.5. The highest BCUT2D eigenvalue weighted by molar-refractivity contribution is 7.86. The first-order valence-electron chi connectivity index (χ1n) is 45.6. The molecule has 0 bridgehead atoms. The number of fused-ring (bicyclic) bond motifs is 4. The van der Waals surface area contributed by atoms with Crippen LogP contribution >= 0.6 is 11.6 Å². The smallest absolute Gasteiger partial charge is 0.327 e. The molecule has 0 aliphatic carbocycles. The zero-order chi connectivity index (χ0) is 86.5. The zero-order valence-corrected chi connectivity index (χ0v) is 79.0. The summed E-state index contributed by atoms with van der Waals surface area (Å²) in [6.07, 6.45) is 45.1. The maximum Gasteiger partial charge on any atom is 0.327 e. The maximum absolute atomic E-state index is 12.3. The van der Waals surface area contributed by atoms with Crippen LogP contribution < -0.4 is 14.2 Å². The molecule has 0 unspecified atom stereocenters. The van der Waals surface area contributed by atoms with Crippen LogP contribution in [-0.2, 0) is 47.7 Å². The van der Waals surface area contributed by atoms with Crippen LogP contribution in [0.3, 0.4) is 0 Å². The van der Waals surface area contributed by atoms with Crippen LogP contribution in [0, 0.1) is 6.92 Å². The van der Waals surface area contributed by atoms with E-state index in [1.165, 1.54) is 258 Å². The molecule has 662 valence electrons. The van der Waals surface area contributed by atoms with Gasteiger partial charge in [0, 0.05) is 41.5 Å². The second-order valence-corrected chi connectivity index (χ2v) is 39.3. The number of pyridine rings is 1. The van der Waals surface area contributed by atoms with E-state index in [9.17, 15) is 44.0 Å². The van der Waals surface area contributed by atoms with Crippen molar-refractivity contribution in [2.75, 3.05) is 115 Å². The molecule has 1 aromatic heterocycles. The van der Waals surface area contributed by atoms with Crippen LogP contribution in [0.4, 0.5) is 11.5 Å². The van der Waals surface area contributed by atoms with Crippen LogP contribution in [0.15, 0.2) is 101 Å². The van der Waals surface area contributed by atoms with Crippen LogP contribution in [0.1, 0.15) is 326 Å². The molecule has 0 spiro atoms. The van der Waals surface area contributed by atoms with Gasteiger partial charge in [0.05, 0.1) is 133 Å². The zero-order valence-electron chi connectivity index (χ0n) is 75.8. The van der Waals surface area contributed by atoms with E-state index >= 15 is 0 Å². The fourth-order valence-corrected chi connectivity index (χ4v) is 18.5. The molecule has 0 amide bonds. The lowest BCUT2D eigenvalue weighted by Gasteiger charge is -2.39. The summed E-state index contributed by atoms with van der Waals surface area (Å²) >= 11 is 6.60. The lowest BCUT2D eigenvalue weighted by molar-refractivity contribution is -0.929. The molecule has 2 aliphatic rings. The Hall–Kier alpha value is -4.58. The molecular formula is C95H162ClN6O11S3+. The summed E-state index contributed by atoms with van der Waals surface area (Å²) in [5.74, 6) is 0.298. The number of aryl methyl sites for hydroxylation is 2. The van der Waals surface area contributed by atoms with E-state index in [0.29, 0.717) is 72.9 Å². The van der Waals surface area contributed by atoms with Crippen molar-refractivity contribution in [1.82, 2.24) is 0 Å². The third kappa shape index (κ3) is 36.2. The van der Waals surface area contributed by atoms with Crippen molar-refractivity contribution in [1.29, 1.82) is 0 Å². The number of ether oxygens (including phenoxy) is 1. The van der Waals surface area contributed by atoms with Gasteiger partial charge in [0.1, 0.15) is 22.1 Å². The Morgan fingerprint density at radius 1 is 0.526 bits per heavy atom. The fourth-order valence-electron chi connectivity index (χ4n) is 16.5. The standard InChI is InChI=1S/C47H56ClN3O11S3.3C16H36N/c1-32-27-37(65(59,60)61)30-39-38(32)17-18-41-44(39)47(4,5)43(51(41)22-7-11-26-64(56,57)58)20-16-33(34-13-12-14-36(28-34)62-24-9-8-23-52)15-19-42-46(2,3)40-29-35(48)31-50(45(40)49-42)21-6-10-25-63(53,54)55;3*1-5-9-13-17(14-10-6-2,15-11-7-3)16-12-8-4/h12-20,27-31,52H,6-11,21-26H2,1-5H3,(H2-,53,54,55,56,57,58,59,60,61);3*5-16H2,1-4H3/q;3*+1/p-2. The van der Waals surface area contributed by atoms with Gasteiger partial charge in [0.15, 0.2) is 5.71 Å². The Morgan fingerprint density at radius 3 is 1.36 bits per heavy atom. The number of hydrogen-bond acceptors (Lipinski definition) is 13. The Labute approximate surface area is 713 Å². The van der Waals surface area contributed by atoms with Crippen LogP contribution in [0.5, 0.6) is 5.75 Å². The van der Waals surface area contributed by atoms with E-state index in [0.717, 1.165) is 44.7 Å². The molecule has 1 N–H and O–H groups in total. The summed E-state index contributed by atoms with van der Waals surface area (Å²) in [7, 11) is -13.6. The van der Waals surface area contributed by atoms with Crippen molar-refractivity contribution in [2.45, 2.75) is 333 Å². The maximum atomic E-state index is 12.3. The topological polar surface area (TPSA) is 221 Å². The van der Waals surface area contributed by atoms with Gasteiger partial charge in [-0.1, -0.05) is 216 Å². The number of nitrogens with zero attached hydrogens (tertiary/aromatic N) is 6. The first-order valence-corrected chi connectivity index (χ1v) is 50.6. The minimum Gasteiger partial charge on any atom is -0.748 e. The molecule has 0 fully saturated rings. The first-order chi connectivity index (χ1) is 55.1. The van der Waals surface area contributed by atoms with Gasteiger partial charge >= 0.3 is 5.82 Å². The average molecular weight is 1700 g/mol. The van der Waals surface area contributed by atoms with Crippen molar-refractivity contribution in [2.24, 2.45) is 4.99 Å². The van der Waals surface area contributed by atoms with Gasteiger partial charge in [-0.05, 0) is 223 Å². The van der Waals surface area contributed by atoms with Crippen molar-refractivity contribution in [3.05, 3.63) is 118 Å². The van der Waals surface area contributed by atoms with E-state index in [4.69, 9.17) is 21.3 Å². The summed E-state index contributed by atoms with van der Waals surface area (Å²) in [5, 5.41) is 11.1. The van der Waals surface area contributed by atoms with Gasteiger partial charge in [-0.25, -0.2) is 29.8 Å². The van der Waals surface area contributed by atoms with Crippen molar-refractivity contribution >= 4 is 75.5 Å². The largest absolute Gasteiger partial charge is 0.748 e. The number of aromatic nitrogens is 1. The van der Waals surface area contributed by atoms with Crippen molar-refractivity contribution in [3.8, 4) is 5.75 Å². The number of allylic oxidation sites excluding steroid dienone is 6. The SMILES string of the molecule is CCCC[N+](CCCC)(CCCC)CCCC.CCCC[N+](CCCC)(CCCC)CCCC.CCCC[N+](CCCC)(CCCC)CCCC.Cc1cc(S(=O)(=O)[O-])cc2c3c(ccc12)N(CCCCS(=O)(=O)[O-])C(=CC=C(C=CC1=Nc2c(cc(Cl)c[n+]2CCCCS(=O)(=O)[O-])C1(C)C)c1cccc(OCCCCO)c1)C3(C)C. The molecule has 2 aliphatic heterocycles. The third-order valence-electron chi connectivity index (χ3n) is 23.8. The molecular weight excluding hydrogens is 1530 g/mol. The van der Waals surface area contributed by atoms with Crippen LogP contribution in [-0.4, -0.2) is 173 Å². The van der Waals surface area contributed by atoms with Crippen LogP contribution in [0.25, 0.3) is 16.3 Å². The molecule has 6 rings (SSSR count).